The molecule has 1 saturated heterocycles. The molecule has 2 aromatic heterocycles. The number of halogens is 2. The van der Waals surface area contributed by atoms with Crippen molar-refractivity contribution >= 4 is 39.2 Å². The topological polar surface area (TPSA) is 89.5 Å². The zero-order valence-electron chi connectivity index (χ0n) is 14.2. The number of fused-ring (bicyclic) bond motifs is 1. The first kappa shape index (κ1) is 17.6. The smallest absolute Gasteiger partial charge is 0.243 e. The Morgan fingerprint density at radius 1 is 1.27 bits per heavy atom. The predicted octanol–water partition coefficient (Wildman–Crippen LogP) is 2.94. The monoisotopic (exact) mass is 436 g/mol. The molecule has 4 rings (SSSR count). The molecule has 0 aliphatic carbocycles. The molecule has 2 aliphatic rings. The minimum absolute atomic E-state index is 0.0944. The van der Waals surface area contributed by atoms with Gasteiger partial charge in [-0.1, -0.05) is 11.6 Å². The predicted molar refractivity (Wildman–Crippen MR) is 104 cm³/mol. The highest BCUT2D eigenvalue weighted by molar-refractivity contribution is 9.10. The Hall–Kier alpha value is -1.77. The number of rotatable bonds is 2. The van der Waals surface area contributed by atoms with Crippen LogP contribution < -0.4 is 15.4 Å². The third-order valence-electron chi connectivity index (χ3n) is 4.63. The molecule has 2 N–H and O–H groups in total. The lowest BCUT2D eigenvalue weighted by Crippen LogP contribution is -2.48. The molecule has 1 fully saturated rings. The molecule has 0 radical (unpaired) electrons. The van der Waals surface area contributed by atoms with Crippen molar-refractivity contribution in [2.24, 2.45) is 10.7 Å². The van der Waals surface area contributed by atoms with Crippen molar-refractivity contribution in [1.82, 2.24) is 15.0 Å². The standard InChI is InChI=1S/C17H18BrClN6O/c1-17(20)2-4-25(5-3-17)14-9-22-15-11(24-14)8-23-16(15)26-12-6-13(18)21-7-10(12)19/h6-7,9H,2-5,8,20H2,1H3. The number of aliphatic imine (C=N–C) groups is 1. The van der Waals surface area contributed by atoms with Crippen LogP contribution in [0, 0.1) is 0 Å². The first-order valence-electron chi connectivity index (χ1n) is 8.35. The molecule has 7 nitrogen and oxygen atoms in total. The lowest BCUT2D eigenvalue weighted by Gasteiger charge is -2.37. The van der Waals surface area contributed by atoms with Gasteiger partial charge in [-0.25, -0.2) is 19.9 Å². The quantitative estimate of drug-likeness (QED) is 0.727. The van der Waals surface area contributed by atoms with Gasteiger partial charge in [0.25, 0.3) is 0 Å². The van der Waals surface area contributed by atoms with Crippen LogP contribution in [0.3, 0.4) is 0 Å². The Morgan fingerprint density at radius 3 is 2.81 bits per heavy atom. The third-order valence-corrected chi connectivity index (χ3v) is 5.35. The summed E-state index contributed by atoms with van der Waals surface area (Å²) in [5.41, 5.74) is 7.57. The number of pyridine rings is 1. The number of hydrogen-bond acceptors (Lipinski definition) is 7. The van der Waals surface area contributed by atoms with Gasteiger partial charge in [-0.3, -0.25) is 0 Å². The zero-order chi connectivity index (χ0) is 18.3. The van der Waals surface area contributed by atoms with E-state index in [1.165, 1.54) is 6.20 Å². The summed E-state index contributed by atoms with van der Waals surface area (Å²) in [7, 11) is 0. The van der Waals surface area contributed by atoms with E-state index in [0.717, 1.165) is 37.4 Å². The van der Waals surface area contributed by atoms with Crippen molar-refractivity contribution in [3.63, 3.8) is 0 Å². The fourth-order valence-electron chi connectivity index (χ4n) is 2.99. The first-order chi connectivity index (χ1) is 12.4. The number of ether oxygens (including phenoxy) is 1. The highest BCUT2D eigenvalue weighted by Crippen LogP contribution is 2.29. The minimum Gasteiger partial charge on any atom is -0.435 e. The van der Waals surface area contributed by atoms with E-state index >= 15 is 0 Å². The van der Waals surface area contributed by atoms with Gasteiger partial charge in [0.05, 0.1) is 24.6 Å². The van der Waals surface area contributed by atoms with Gasteiger partial charge < -0.3 is 15.4 Å². The van der Waals surface area contributed by atoms with Crippen molar-refractivity contribution in [3.05, 3.63) is 39.5 Å². The first-order valence-corrected chi connectivity index (χ1v) is 9.52. The second-order valence-corrected chi connectivity index (χ2v) is 8.05. The summed E-state index contributed by atoms with van der Waals surface area (Å²) in [6.45, 7) is 4.30. The number of aromatic nitrogens is 3. The van der Waals surface area contributed by atoms with Gasteiger partial charge in [0.15, 0.2) is 5.75 Å². The summed E-state index contributed by atoms with van der Waals surface area (Å²) in [5, 5.41) is 0.409. The van der Waals surface area contributed by atoms with Crippen molar-refractivity contribution in [2.75, 3.05) is 18.0 Å². The van der Waals surface area contributed by atoms with E-state index in [9.17, 15) is 0 Å². The highest BCUT2D eigenvalue weighted by Gasteiger charge is 2.28. The van der Waals surface area contributed by atoms with Crippen LogP contribution in [-0.2, 0) is 6.54 Å². The molecular weight excluding hydrogens is 420 g/mol. The SMILES string of the molecule is CC1(N)CCN(c2cnc3c(n2)CN=C3Oc2cc(Br)ncc2Cl)CC1. The van der Waals surface area contributed by atoms with E-state index in [4.69, 9.17) is 27.1 Å². The van der Waals surface area contributed by atoms with E-state index < -0.39 is 0 Å². The third kappa shape index (κ3) is 3.54. The normalized spacial score (nSPS) is 18.5. The average Bonchev–Trinajstić information content (AvgIpc) is 3.00. The van der Waals surface area contributed by atoms with Gasteiger partial charge in [-0.15, -0.1) is 0 Å². The van der Waals surface area contributed by atoms with Gasteiger partial charge in [-0.2, -0.15) is 0 Å². The fourth-order valence-corrected chi connectivity index (χ4v) is 3.44. The molecule has 9 heteroatoms. The van der Waals surface area contributed by atoms with Crippen LogP contribution in [0.4, 0.5) is 5.82 Å². The summed E-state index contributed by atoms with van der Waals surface area (Å²) in [6.07, 6.45) is 5.16. The number of hydrogen-bond donors (Lipinski definition) is 1. The molecule has 0 saturated carbocycles. The van der Waals surface area contributed by atoms with Gasteiger partial charge in [-0.05, 0) is 35.7 Å². The molecule has 136 valence electrons. The Kier molecular flexibility index (Phi) is 4.58. The number of nitrogens with zero attached hydrogens (tertiary/aromatic N) is 5. The molecule has 0 spiro atoms. The van der Waals surface area contributed by atoms with Crippen molar-refractivity contribution in [3.8, 4) is 5.75 Å². The minimum atomic E-state index is -0.0944. The maximum Gasteiger partial charge on any atom is 0.243 e. The summed E-state index contributed by atoms with van der Waals surface area (Å²) in [4.78, 5) is 20.0. The number of nitrogens with two attached hydrogens (primary N) is 1. The van der Waals surface area contributed by atoms with Gasteiger partial charge in [0, 0.05) is 24.7 Å². The van der Waals surface area contributed by atoms with Crippen LogP contribution in [0.5, 0.6) is 5.75 Å². The van der Waals surface area contributed by atoms with E-state index in [2.05, 4.69) is 42.7 Å². The average molecular weight is 438 g/mol. The molecule has 0 unspecified atom stereocenters. The molecule has 4 heterocycles. The molecule has 0 aromatic carbocycles. The van der Waals surface area contributed by atoms with Crippen molar-refractivity contribution < 1.29 is 4.74 Å². The Bertz CT molecular complexity index is 878. The zero-order valence-corrected chi connectivity index (χ0v) is 16.6. The van der Waals surface area contributed by atoms with E-state index in [1.807, 2.05) is 0 Å². The van der Waals surface area contributed by atoms with Crippen LogP contribution in [0.15, 0.2) is 28.1 Å². The summed E-state index contributed by atoms with van der Waals surface area (Å²) < 4.78 is 6.47. The lowest BCUT2D eigenvalue weighted by molar-refractivity contribution is 0.363. The lowest BCUT2D eigenvalue weighted by atomic mass is 9.91. The number of anilines is 1. The van der Waals surface area contributed by atoms with Gasteiger partial charge in [0.2, 0.25) is 5.90 Å². The Morgan fingerprint density at radius 2 is 2.04 bits per heavy atom. The molecule has 2 aromatic rings. The molecule has 26 heavy (non-hydrogen) atoms. The summed E-state index contributed by atoms with van der Waals surface area (Å²) in [5.74, 6) is 1.76. The van der Waals surface area contributed by atoms with E-state index in [-0.39, 0.29) is 5.54 Å². The molecule has 0 bridgehead atoms. The van der Waals surface area contributed by atoms with Crippen LogP contribution in [0.2, 0.25) is 5.02 Å². The van der Waals surface area contributed by atoms with Crippen LogP contribution in [0.25, 0.3) is 0 Å². The van der Waals surface area contributed by atoms with Crippen molar-refractivity contribution in [1.29, 1.82) is 0 Å². The Labute approximate surface area is 164 Å². The van der Waals surface area contributed by atoms with Crippen LogP contribution in [0.1, 0.15) is 31.2 Å². The summed E-state index contributed by atoms with van der Waals surface area (Å²) >= 11 is 9.44. The second kappa shape index (κ2) is 6.75. The maximum atomic E-state index is 6.21. The van der Waals surface area contributed by atoms with Crippen LogP contribution >= 0.6 is 27.5 Å². The molecule has 2 aliphatic heterocycles. The molecule has 0 atom stereocenters. The van der Waals surface area contributed by atoms with Crippen molar-refractivity contribution in [2.45, 2.75) is 31.8 Å². The largest absolute Gasteiger partial charge is 0.435 e. The van der Waals surface area contributed by atoms with E-state index in [0.29, 0.717) is 33.5 Å². The second-order valence-electron chi connectivity index (χ2n) is 6.83. The Balaban J connectivity index is 1.52. The summed E-state index contributed by atoms with van der Waals surface area (Å²) in [6, 6.07) is 1.70. The van der Waals surface area contributed by atoms with Gasteiger partial charge >= 0.3 is 0 Å². The van der Waals surface area contributed by atoms with Crippen LogP contribution in [-0.4, -0.2) is 39.5 Å². The molecule has 0 amide bonds. The highest BCUT2D eigenvalue weighted by atomic mass is 79.9. The fraction of sp³-hybridized carbons (Fsp3) is 0.412. The molecular formula is C17H18BrClN6O. The maximum absolute atomic E-state index is 6.21. The van der Waals surface area contributed by atoms with E-state index in [1.54, 1.807) is 12.3 Å². The number of piperidine rings is 1. The van der Waals surface area contributed by atoms with Gasteiger partial charge in [0.1, 0.15) is 21.1 Å².